The van der Waals surface area contributed by atoms with Crippen molar-refractivity contribution in [2.45, 2.75) is 32.3 Å². The average Bonchev–Trinajstić information content (AvgIpc) is 2.94. The van der Waals surface area contributed by atoms with Crippen LogP contribution in [0.5, 0.6) is 0 Å². The molecule has 2 atom stereocenters. The molecule has 116 valence electrons. The van der Waals surface area contributed by atoms with E-state index in [1.54, 1.807) is 12.1 Å². The molecule has 0 aromatic heterocycles. The van der Waals surface area contributed by atoms with Crippen LogP contribution in [0.1, 0.15) is 24.8 Å². The van der Waals surface area contributed by atoms with Gasteiger partial charge >= 0.3 is 0 Å². The van der Waals surface area contributed by atoms with Crippen LogP contribution in [0, 0.1) is 6.92 Å². The predicted molar refractivity (Wildman–Crippen MR) is 85.7 cm³/mol. The number of hydrogen-bond acceptors (Lipinski definition) is 4. The summed E-state index contributed by atoms with van der Waals surface area (Å²) < 4.78 is 17.4. The molecule has 1 amide bonds. The molecule has 1 fully saturated rings. The van der Waals surface area contributed by atoms with Crippen molar-refractivity contribution in [2.24, 2.45) is 0 Å². The normalized spacial score (nSPS) is 19.4. The van der Waals surface area contributed by atoms with E-state index in [1.165, 1.54) is 0 Å². The minimum Gasteiger partial charge on any atom is -0.398 e. The summed E-state index contributed by atoms with van der Waals surface area (Å²) in [4.78, 5) is 11.9. The van der Waals surface area contributed by atoms with Crippen LogP contribution in [-0.2, 0) is 20.3 Å². The van der Waals surface area contributed by atoms with Crippen LogP contribution in [0.15, 0.2) is 18.2 Å². The second kappa shape index (κ2) is 7.56. The summed E-state index contributed by atoms with van der Waals surface area (Å²) in [5.41, 5.74) is 8.01. The fraction of sp³-hybridized carbons (Fsp3) is 0.533. The maximum Gasteiger partial charge on any atom is 0.225 e. The Morgan fingerprint density at radius 1 is 1.52 bits per heavy atom. The van der Waals surface area contributed by atoms with Crippen LogP contribution < -0.4 is 11.1 Å². The maximum atomic E-state index is 11.9. The number of nitrogens with two attached hydrogens (primary N) is 1. The first kappa shape index (κ1) is 16.0. The first-order valence-electron chi connectivity index (χ1n) is 7.18. The van der Waals surface area contributed by atoms with Crippen LogP contribution in [0.2, 0.25) is 0 Å². The molecule has 1 aromatic carbocycles. The molecule has 21 heavy (non-hydrogen) atoms. The van der Waals surface area contributed by atoms with Crippen molar-refractivity contribution in [3.63, 3.8) is 0 Å². The van der Waals surface area contributed by atoms with E-state index in [4.69, 9.17) is 10.5 Å². The third kappa shape index (κ3) is 4.82. The van der Waals surface area contributed by atoms with E-state index in [2.05, 4.69) is 5.32 Å². The fourth-order valence-corrected chi connectivity index (χ4v) is 3.53. The Balaban J connectivity index is 1.76. The minimum absolute atomic E-state index is 0.102. The van der Waals surface area contributed by atoms with Gasteiger partial charge in [0, 0.05) is 46.7 Å². The van der Waals surface area contributed by atoms with E-state index in [9.17, 15) is 9.00 Å². The van der Waals surface area contributed by atoms with Crippen LogP contribution in [0.3, 0.4) is 0 Å². The highest BCUT2D eigenvalue weighted by atomic mass is 32.2. The molecule has 1 aliphatic rings. The lowest BCUT2D eigenvalue weighted by molar-refractivity contribution is -0.115. The highest BCUT2D eigenvalue weighted by molar-refractivity contribution is 7.85. The second-order valence-corrected chi connectivity index (χ2v) is 6.88. The van der Waals surface area contributed by atoms with Crippen molar-refractivity contribution in [3.8, 4) is 0 Å². The molecule has 0 radical (unpaired) electrons. The van der Waals surface area contributed by atoms with E-state index in [0.717, 1.165) is 25.0 Å². The predicted octanol–water partition coefficient (Wildman–Crippen LogP) is 1.83. The summed E-state index contributed by atoms with van der Waals surface area (Å²) in [6, 6.07) is 5.40. The number of ether oxygens (including phenoxy) is 1. The minimum atomic E-state index is -1.01. The zero-order valence-electron chi connectivity index (χ0n) is 12.3. The monoisotopic (exact) mass is 310 g/mol. The van der Waals surface area contributed by atoms with Gasteiger partial charge in [-0.05, 0) is 37.5 Å². The van der Waals surface area contributed by atoms with Crippen molar-refractivity contribution in [2.75, 3.05) is 29.2 Å². The Morgan fingerprint density at radius 3 is 3.05 bits per heavy atom. The number of hydrogen-bond donors (Lipinski definition) is 2. The molecule has 5 nitrogen and oxygen atoms in total. The third-order valence-corrected chi connectivity index (χ3v) is 5.01. The summed E-state index contributed by atoms with van der Waals surface area (Å²) in [7, 11) is -1.01. The van der Waals surface area contributed by atoms with Gasteiger partial charge in [0.25, 0.3) is 0 Å². The summed E-state index contributed by atoms with van der Waals surface area (Å²) in [5, 5.41) is 2.82. The van der Waals surface area contributed by atoms with Gasteiger partial charge in [-0.2, -0.15) is 0 Å². The van der Waals surface area contributed by atoms with E-state index in [-0.39, 0.29) is 18.4 Å². The number of carbonyl (C=O) groups is 1. The number of benzene rings is 1. The maximum absolute atomic E-state index is 11.9. The zero-order chi connectivity index (χ0) is 15.2. The molecule has 0 spiro atoms. The summed E-state index contributed by atoms with van der Waals surface area (Å²) in [6.07, 6.45) is 2.36. The van der Waals surface area contributed by atoms with Crippen LogP contribution in [-0.4, -0.2) is 34.3 Å². The standard InChI is InChI=1S/C15H22N2O3S/c1-11-13(16)5-2-6-14(11)17-15(18)7-9-21(19)10-12-4-3-8-20-12/h2,5-6,12H,3-4,7-10,16H2,1H3,(H,17,18). The molecule has 3 N–H and O–H groups in total. The number of rotatable bonds is 6. The largest absolute Gasteiger partial charge is 0.398 e. The number of nitrogens with one attached hydrogen (secondary N) is 1. The quantitative estimate of drug-likeness (QED) is 0.786. The lowest BCUT2D eigenvalue weighted by Crippen LogP contribution is -2.21. The van der Waals surface area contributed by atoms with Crippen molar-refractivity contribution in [1.82, 2.24) is 0 Å². The number of anilines is 2. The van der Waals surface area contributed by atoms with Gasteiger partial charge < -0.3 is 15.8 Å². The lowest BCUT2D eigenvalue weighted by atomic mass is 10.1. The SMILES string of the molecule is Cc1c(N)cccc1NC(=O)CCS(=O)CC1CCCO1. The molecule has 2 rings (SSSR count). The first-order valence-corrected chi connectivity index (χ1v) is 8.66. The molecule has 0 bridgehead atoms. The van der Waals surface area contributed by atoms with Gasteiger partial charge in [-0.25, -0.2) is 0 Å². The van der Waals surface area contributed by atoms with E-state index in [1.807, 2.05) is 13.0 Å². The highest BCUT2D eigenvalue weighted by Crippen LogP contribution is 2.20. The van der Waals surface area contributed by atoms with E-state index in [0.29, 0.717) is 22.9 Å². The Morgan fingerprint density at radius 2 is 2.33 bits per heavy atom. The molecule has 1 aliphatic heterocycles. The first-order chi connectivity index (χ1) is 10.1. The van der Waals surface area contributed by atoms with Crippen LogP contribution >= 0.6 is 0 Å². The number of amides is 1. The zero-order valence-corrected chi connectivity index (χ0v) is 13.1. The fourth-order valence-electron chi connectivity index (χ4n) is 2.27. The van der Waals surface area contributed by atoms with E-state index < -0.39 is 10.8 Å². The molecule has 1 aromatic rings. The Labute approximate surface area is 127 Å². The van der Waals surface area contributed by atoms with Gasteiger partial charge in [-0.15, -0.1) is 0 Å². The second-order valence-electron chi connectivity index (χ2n) is 5.26. The topological polar surface area (TPSA) is 81.4 Å². The third-order valence-electron chi connectivity index (χ3n) is 3.60. The van der Waals surface area contributed by atoms with Crippen molar-refractivity contribution < 1.29 is 13.7 Å². The van der Waals surface area contributed by atoms with E-state index >= 15 is 0 Å². The molecular formula is C15H22N2O3S. The highest BCUT2D eigenvalue weighted by Gasteiger charge is 2.18. The Hall–Kier alpha value is -1.40. The van der Waals surface area contributed by atoms with Crippen molar-refractivity contribution in [1.29, 1.82) is 0 Å². The van der Waals surface area contributed by atoms with Crippen molar-refractivity contribution in [3.05, 3.63) is 23.8 Å². The Bertz CT molecular complexity index is 528. The van der Waals surface area contributed by atoms with Gasteiger partial charge in [0.15, 0.2) is 0 Å². The van der Waals surface area contributed by atoms with Gasteiger partial charge in [0.2, 0.25) is 5.91 Å². The molecule has 2 unspecified atom stereocenters. The average molecular weight is 310 g/mol. The number of carbonyl (C=O) groups excluding carboxylic acids is 1. The lowest BCUT2D eigenvalue weighted by Gasteiger charge is -2.11. The number of nitrogen functional groups attached to an aromatic ring is 1. The summed E-state index contributed by atoms with van der Waals surface area (Å²) in [5.74, 6) is 0.766. The van der Waals surface area contributed by atoms with Gasteiger partial charge in [0.1, 0.15) is 0 Å². The smallest absolute Gasteiger partial charge is 0.225 e. The van der Waals surface area contributed by atoms with Crippen molar-refractivity contribution >= 4 is 28.1 Å². The Kier molecular flexibility index (Phi) is 5.76. The summed E-state index contributed by atoms with van der Waals surface area (Å²) >= 11 is 0. The van der Waals surface area contributed by atoms with Crippen LogP contribution in [0.25, 0.3) is 0 Å². The molecular weight excluding hydrogens is 288 g/mol. The molecule has 1 saturated heterocycles. The molecule has 0 aliphatic carbocycles. The summed E-state index contributed by atoms with van der Waals surface area (Å²) in [6.45, 7) is 2.62. The molecule has 0 saturated carbocycles. The van der Waals surface area contributed by atoms with Gasteiger partial charge in [-0.3, -0.25) is 9.00 Å². The molecule has 6 heteroatoms. The van der Waals surface area contributed by atoms with Crippen LogP contribution in [0.4, 0.5) is 11.4 Å². The van der Waals surface area contributed by atoms with Gasteiger partial charge in [0.05, 0.1) is 6.10 Å². The molecule has 1 heterocycles. The van der Waals surface area contributed by atoms with Gasteiger partial charge in [-0.1, -0.05) is 6.07 Å².